The van der Waals surface area contributed by atoms with Gasteiger partial charge in [0.2, 0.25) is 11.8 Å². The minimum atomic E-state index is -0.589. The lowest BCUT2D eigenvalue weighted by Crippen LogP contribution is -2.49. The number of carbonyl (C=O) groups excluding carboxylic acids is 3. The molecule has 0 bridgehead atoms. The Bertz CT molecular complexity index is 2760. The van der Waals surface area contributed by atoms with Gasteiger partial charge in [0.15, 0.2) is 12.6 Å². The van der Waals surface area contributed by atoms with Crippen LogP contribution in [0.25, 0.3) is 22.2 Å². The first-order chi connectivity index (χ1) is 33.7. The van der Waals surface area contributed by atoms with E-state index in [1.807, 2.05) is 45.2 Å². The zero-order chi connectivity index (χ0) is 48.7. The third-order valence-corrected chi connectivity index (χ3v) is 14.8. The number of ether oxygens (including phenoxy) is 2. The number of epoxide rings is 1. The summed E-state index contributed by atoms with van der Waals surface area (Å²) in [5.74, 6) is 0.516. The molecular formula is C54H66FN10O5+. The first-order valence-corrected chi connectivity index (χ1v) is 25.1. The van der Waals surface area contributed by atoms with E-state index in [2.05, 4.69) is 95.3 Å². The number of nitrogens with zero attached hydrogens (tertiary/aromatic N) is 7. The van der Waals surface area contributed by atoms with Crippen LogP contribution < -0.4 is 20.9 Å². The molecule has 0 spiro atoms. The van der Waals surface area contributed by atoms with Crippen LogP contribution in [0.2, 0.25) is 0 Å². The minimum absolute atomic E-state index is 0.125. The molecule has 5 saturated heterocycles. The molecule has 3 aromatic heterocycles. The fraction of sp³-hybridized carbons (Fsp3) is 0.481. The van der Waals surface area contributed by atoms with Gasteiger partial charge in [-0.2, -0.15) is 0 Å². The summed E-state index contributed by atoms with van der Waals surface area (Å²) in [6.45, 7) is 14.9. The highest BCUT2D eigenvalue weighted by atomic mass is 19.1. The van der Waals surface area contributed by atoms with Crippen LogP contribution in [0.15, 0.2) is 79.1 Å². The molecule has 70 heavy (non-hydrogen) atoms. The van der Waals surface area contributed by atoms with Crippen molar-refractivity contribution in [1.82, 2.24) is 29.7 Å². The van der Waals surface area contributed by atoms with E-state index in [9.17, 15) is 14.4 Å². The lowest BCUT2D eigenvalue weighted by molar-refractivity contribution is -0.562. The van der Waals surface area contributed by atoms with Crippen molar-refractivity contribution in [3.05, 3.63) is 102 Å². The maximum absolute atomic E-state index is 15.4. The number of hydrogen-bond acceptors (Lipinski definition) is 11. The molecule has 0 saturated carbocycles. The maximum Gasteiger partial charge on any atom is 0.413 e. The number of benzene rings is 2. The number of anilines is 3. The highest BCUT2D eigenvalue weighted by Gasteiger charge is 2.46. The standard InChI is InChI=1S/C54H65FN10O5/c1-34-31-65(46-13-11-40(28-44(46)55)58-45-12-15-48(66)60-51(45)67)27-26-64(34)32-35-17-24-63(25-18-35)52-49(69-52)38-8-6-36(7-9-38)37-19-22-62(23-20-37)33-41-29-43-42(16-21-56-50(43)61(41)5)39-10-14-47(57-30-39)59-53(68)70-54(2,3)4/h6-11,13-14,16,21,28-30,32,34-35,37,45,49,52,58H,12,15,17-20,22-27,31,33H2,1-5H3,(H-,56,57,59,60,66,67,68)/p+1/t34-,45?,49?,52?/m0/s1. The van der Waals surface area contributed by atoms with Gasteiger partial charge in [-0.3, -0.25) is 30.0 Å². The van der Waals surface area contributed by atoms with Gasteiger partial charge in [-0.05, 0) is 138 Å². The number of amides is 3. The molecule has 16 heteroatoms. The molecule has 368 valence electrons. The molecule has 5 aliphatic heterocycles. The second-order valence-electron chi connectivity index (χ2n) is 20.9. The molecule has 4 atom stereocenters. The molecule has 5 fully saturated rings. The van der Waals surface area contributed by atoms with Gasteiger partial charge >= 0.3 is 6.09 Å². The third kappa shape index (κ3) is 10.7. The van der Waals surface area contributed by atoms with Crippen molar-refractivity contribution < 1.29 is 32.8 Å². The van der Waals surface area contributed by atoms with Crippen molar-refractivity contribution >= 4 is 52.3 Å². The van der Waals surface area contributed by atoms with Crippen molar-refractivity contribution in [3.63, 3.8) is 0 Å². The van der Waals surface area contributed by atoms with Crippen LogP contribution in [0.4, 0.5) is 26.4 Å². The molecule has 8 heterocycles. The van der Waals surface area contributed by atoms with E-state index >= 15 is 4.39 Å². The van der Waals surface area contributed by atoms with Crippen LogP contribution in [0.5, 0.6) is 0 Å². The number of piperazine rings is 1. The maximum atomic E-state index is 15.4. The molecule has 0 radical (unpaired) electrons. The SMILES string of the molecule is C[C@H]1CN(c2ccc(NC3CCC(=O)NC3=O)cc2F)CC[N+]1=CC1CCN(C2OC2c2ccc(C3CCN(Cc4cc5c(-c6ccc(NC(=O)OC(C)(C)C)nc6)ccnc5n4C)CC3)cc2)CC1. The van der Waals surface area contributed by atoms with E-state index in [0.29, 0.717) is 35.4 Å². The fourth-order valence-electron chi connectivity index (χ4n) is 10.8. The Morgan fingerprint density at radius 3 is 2.41 bits per heavy atom. The summed E-state index contributed by atoms with van der Waals surface area (Å²) in [5.41, 5.74) is 7.35. The Morgan fingerprint density at radius 2 is 1.71 bits per heavy atom. The second-order valence-corrected chi connectivity index (χ2v) is 20.9. The van der Waals surface area contributed by atoms with Crippen molar-refractivity contribution in [1.29, 1.82) is 0 Å². The summed E-state index contributed by atoms with van der Waals surface area (Å²) in [4.78, 5) is 52.3. The van der Waals surface area contributed by atoms with Gasteiger partial charge in [-0.15, -0.1) is 0 Å². The van der Waals surface area contributed by atoms with Gasteiger partial charge in [0.1, 0.15) is 47.5 Å². The number of fused-ring (bicyclic) bond motifs is 1. The Hall–Kier alpha value is -6.23. The quantitative estimate of drug-likeness (QED) is 0.0676. The Morgan fingerprint density at radius 1 is 0.943 bits per heavy atom. The van der Waals surface area contributed by atoms with E-state index in [1.54, 1.807) is 18.3 Å². The fourth-order valence-corrected chi connectivity index (χ4v) is 10.8. The largest absolute Gasteiger partial charge is 0.444 e. The Kier molecular flexibility index (Phi) is 13.5. The number of hydrogen-bond donors (Lipinski definition) is 3. The monoisotopic (exact) mass is 954 g/mol. The number of piperidine rings is 3. The van der Waals surface area contributed by atoms with Crippen LogP contribution in [-0.2, 0) is 32.7 Å². The van der Waals surface area contributed by atoms with Gasteiger partial charge in [-0.25, -0.2) is 23.7 Å². The molecule has 5 aliphatic rings. The number of halogens is 1. The first-order valence-electron chi connectivity index (χ1n) is 25.1. The number of rotatable bonds is 11. The number of aryl methyl sites for hydroxylation is 1. The van der Waals surface area contributed by atoms with Gasteiger partial charge in [0.05, 0.1) is 18.8 Å². The molecule has 10 rings (SSSR count). The highest BCUT2D eigenvalue weighted by molar-refractivity contribution is 6.01. The molecule has 15 nitrogen and oxygen atoms in total. The molecule has 0 aliphatic carbocycles. The van der Waals surface area contributed by atoms with Crippen molar-refractivity contribution in [3.8, 4) is 11.1 Å². The number of imide groups is 1. The van der Waals surface area contributed by atoms with Crippen LogP contribution in [0, 0.1) is 11.7 Å². The zero-order valence-electron chi connectivity index (χ0n) is 41.0. The first kappa shape index (κ1) is 47.4. The van der Waals surface area contributed by atoms with Gasteiger partial charge in [-0.1, -0.05) is 24.3 Å². The predicted octanol–water partition coefficient (Wildman–Crippen LogP) is 7.82. The van der Waals surface area contributed by atoms with E-state index in [1.165, 1.54) is 22.9 Å². The van der Waals surface area contributed by atoms with Crippen molar-refractivity contribution in [2.45, 2.75) is 109 Å². The van der Waals surface area contributed by atoms with Crippen molar-refractivity contribution in [2.75, 3.05) is 61.3 Å². The summed E-state index contributed by atoms with van der Waals surface area (Å²) in [5, 5.41) is 9.22. The minimum Gasteiger partial charge on any atom is -0.444 e. The average molecular weight is 954 g/mol. The van der Waals surface area contributed by atoms with Gasteiger partial charge in [0.25, 0.3) is 0 Å². The van der Waals surface area contributed by atoms with Crippen LogP contribution in [0.1, 0.15) is 95.1 Å². The highest BCUT2D eigenvalue weighted by Crippen LogP contribution is 2.43. The summed E-state index contributed by atoms with van der Waals surface area (Å²) in [6.07, 6.45) is 10.9. The number of pyridine rings is 2. The summed E-state index contributed by atoms with van der Waals surface area (Å²) in [7, 11) is 2.09. The summed E-state index contributed by atoms with van der Waals surface area (Å²) >= 11 is 0. The van der Waals surface area contributed by atoms with Crippen LogP contribution in [-0.4, -0.2) is 123 Å². The topological polar surface area (TPSA) is 152 Å². The normalized spacial score (nSPS) is 23.7. The summed E-state index contributed by atoms with van der Waals surface area (Å²) < 4.78 is 31.7. The van der Waals surface area contributed by atoms with Gasteiger partial charge in [0, 0.05) is 73.7 Å². The average Bonchev–Trinajstić information content (AvgIpc) is 4.08. The van der Waals surface area contributed by atoms with E-state index in [-0.39, 0.29) is 42.4 Å². The van der Waals surface area contributed by atoms with Crippen molar-refractivity contribution in [2.24, 2.45) is 13.0 Å². The van der Waals surface area contributed by atoms with E-state index < -0.39 is 17.7 Å². The lowest BCUT2D eigenvalue weighted by atomic mass is 9.88. The molecule has 5 aromatic rings. The zero-order valence-corrected chi connectivity index (χ0v) is 41.0. The summed E-state index contributed by atoms with van der Waals surface area (Å²) in [6, 6.07) is 22.0. The molecule has 2 aromatic carbocycles. The van der Waals surface area contributed by atoms with E-state index in [0.717, 1.165) is 100 Å². The number of aromatic nitrogens is 3. The molecular weight excluding hydrogens is 888 g/mol. The lowest BCUT2D eigenvalue weighted by Gasteiger charge is -2.33. The second kappa shape index (κ2) is 19.9. The van der Waals surface area contributed by atoms with Gasteiger partial charge < -0.3 is 24.3 Å². The number of likely N-dealkylation sites (tertiary alicyclic amines) is 2. The van der Waals surface area contributed by atoms with Crippen LogP contribution in [0.3, 0.4) is 0 Å². The molecule has 3 amide bonds. The third-order valence-electron chi connectivity index (χ3n) is 14.8. The smallest absolute Gasteiger partial charge is 0.413 e. The Labute approximate surface area is 409 Å². The Balaban J connectivity index is 0.663. The number of carbonyl (C=O) groups is 3. The molecule has 3 unspecified atom stereocenters. The number of nitrogens with one attached hydrogen (secondary N) is 3. The predicted molar refractivity (Wildman–Crippen MR) is 268 cm³/mol. The molecule has 3 N–H and O–H groups in total. The van der Waals surface area contributed by atoms with E-state index in [4.69, 9.17) is 14.5 Å². The van der Waals surface area contributed by atoms with Crippen LogP contribution >= 0.6 is 0 Å².